The Balaban J connectivity index is 2.46. The van der Waals surface area contributed by atoms with Gasteiger partial charge in [0, 0.05) is 30.8 Å². The number of ketones is 1. The molecule has 1 aromatic rings. The normalized spacial score (nSPS) is 9.83. The summed E-state index contributed by atoms with van der Waals surface area (Å²) >= 11 is 0. The lowest BCUT2D eigenvalue weighted by Gasteiger charge is -2.06. The van der Waals surface area contributed by atoms with E-state index in [4.69, 9.17) is 0 Å². The van der Waals surface area contributed by atoms with Crippen molar-refractivity contribution in [2.24, 2.45) is 0 Å². The number of Topliss-reactive ketones (excluding diaryl/α,β-unsaturated/α-hetero) is 1. The monoisotopic (exact) mass is 246 g/mol. The summed E-state index contributed by atoms with van der Waals surface area (Å²) < 4.78 is 0. The van der Waals surface area contributed by atoms with Gasteiger partial charge in [0.25, 0.3) is 0 Å². The van der Waals surface area contributed by atoms with Gasteiger partial charge in [0.2, 0.25) is 5.91 Å². The minimum Gasteiger partial charge on any atom is -0.326 e. The molecule has 4 heteroatoms. The van der Waals surface area contributed by atoms with Gasteiger partial charge in [-0.3, -0.25) is 9.59 Å². The molecule has 4 nitrogen and oxygen atoms in total. The molecule has 0 aliphatic carbocycles. The van der Waals surface area contributed by atoms with Gasteiger partial charge in [-0.05, 0) is 19.1 Å². The van der Waals surface area contributed by atoms with Crippen molar-refractivity contribution < 1.29 is 9.59 Å². The molecule has 1 aromatic carbocycles. The number of rotatable bonds is 7. The van der Waals surface area contributed by atoms with E-state index in [1.54, 1.807) is 30.3 Å². The fourth-order valence-corrected chi connectivity index (χ4v) is 1.45. The summed E-state index contributed by atoms with van der Waals surface area (Å²) in [4.78, 5) is 22.8. The maximum atomic E-state index is 11.6. The Morgan fingerprint density at radius 2 is 2.17 bits per heavy atom. The van der Waals surface area contributed by atoms with Crippen LogP contribution in [-0.4, -0.2) is 24.8 Å². The second-order valence-corrected chi connectivity index (χ2v) is 3.93. The van der Waals surface area contributed by atoms with Crippen molar-refractivity contribution in [2.45, 2.75) is 13.3 Å². The molecule has 0 unspecified atom stereocenters. The van der Waals surface area contributed by atoms with Crippen LogP contribution in [0.15, 0.2) is 36.9 Å². The molecule has 0 aliphatic heterocycles. The third kappa shape index (κ3) is 4.93. The molecule has 0 bridgehead atoms. The zero-order valence-corrected chi connectivity index (χ0v) is 10.5. The van der Waals surface area contributed by atoms with Crippen LogP contribution in [0.1, 0.15) is 23.7 Å². The van der Waals surface area contributed by atoms with Gasteiger partial charge in [-0.1, -0.05) is 18.2 Å². The molecule has 2 N–H and O–H groups in total. The van der Waals surface area contributed by atoms with Crippen molar-refractivity contribution >= 4 is 17.4 Å². The second kappa shape index (κ2) is 7.40. The topological polar surface area (TPSA) is 58.2 Å². The molecule has 0 saturated heterocycles. The number of nitrogens with one attached hydrogen (secondary N) is 2. The van der Waals surface area contributed by atoms with Gasteiger partial charge in [-0.15, -0.1) is 6.58 Å². The van der Waals surface area contributed by atoms with Crippen molar-refractivity contribution in [1.82, 2.24) is 5.32 Å². The predicted molar refractivity (Wildman–Crippen MR) is 72.8 cm³/mol. The van der Waals surface area contributed by atoms with Gasteiger partial charge in [0.1, 0.15) is 0 Å². The number of carbonyl (C=O) groups is 2. The summed E-state index contributed by atoms with van der Waals surface area (Å²) in [6.07, 6.45) is 2.13. The Morgan fingerprint density at radius 1 is 1.39 bits per heavy atom. The van der Waals surface area contributed by atoms with E-state index >= 15 is 0 Å². The zero-order valence-electron chi connectivity index (χ0n) is 10.5. The minimum absolute atomic E-state index is 0.0150. The highest BCUT2D eigenvalue weighted by molar-refractivity contribution is 5.97. The van der Waals surface area contributed by atoms with Crippen LogP contribution in [0, 0.1) is 0 Å². The molecule has 0 fully saturated rings. The first kappa shape index (κ1) is 14.1. The van der Waals surface area contributed by atoms with E-state index < -0.39 is 0 Å². The van der Waals surface area contributed by atoms with E-state index in [0.29, 0.717) is 30.8 Å². The standard InChI is InChI=1S/C14H18N2O2/c1-3-8-15-9-7-14(18)16-13-6-4-5-12(10-13)11(2)17/h3-6,10,15H,1,7-9H2,2H3,(H,16,18). The Morgan fingerprint density at radius 3 is 2.83 bits per heavy atom. The second-order valence-electron chi connectivity index (χ2n) is 3.93. The van der Waals surface area contributed by atoms with Crippen LogP contribution in [0.25, 0.3) is 0 Å². The lowest BCUT2D eigenvalue weighted by molar-refractivity contribution is -0.116. The molecule has 1 amide bonds. The largest absolute Gasteiger partial charge is 0.326 e. The van der Waals surface area contributed by atoms with Crippen LogP contribution in [0.3, 0.4) is 0 Å². The summed E-state index contributed by atoms with van der Waals surface area (Å²) in [5, 5.41) is 5.81. The summed E-state index contributed by atoms with van der Waals surface area (Å²) in [6, 6.07) is 6.92. The molecule has 0 aromatic heterocycles. The van der Waals surface area contributed by atoms with Gasteiger partial charge < -0.3 is 10.6 Å². The molecule has 96 valence electrons. The molecule has 0 atom stereocenters. The average Bonchev–Trinajstić information content (AvgIpc) is 2.35. The molecule has 0 heterocycles. The van der Waals surface area contributed by atoms with E-state index in [2.05, 4.69) is 17.2 Å². The highest BCUT2D eigenvalue weighted by Gasteiger charge is 2.04. The number of amides is 1. The Bertz CT molecular complexity index is 441. The quantitative estimate of drug-likeness (QED) is 0.439. The van der Waals surface area contributed by atoms with Gasteiger partial charge in [0.05, 0.1) is 0 Å². The first-order valence-electron chi connectivity index (χ1n) is 5.86. The summed E-state index contributed by atoms with van der Waals surface area (Å²) in [5.74, 6) is -0.0917. The van der Waals surface area contributed by atoms with Gasteiger partial charge in [-0.25, -0.2) is 0 Å². The molecule has 0 saturated carbocycles. The molecule has 1 rings (SSSR count). The number of anilines is 1. The Kier molecular flexibility index (Phi) is 5.80. The number of carbonyl (C=O) groups excluding carboxylic acids is 2. The number of benzene rings is 1. The van der Waals surface area contributed by atoms with Crippen LogP contribution in [0.5, 0.6) is 0 Å². The van der Waals surface area contributed by atoms with E-state index in [1.165, 1.54) is 6.92 Å². The fraction of sp³-hybridized carbons (Fsp3) is 0.286. The average molecular weight is 246 g/mol. The molecule has 18 heavy (non-hydrogen) atoms. The van der Waals surface area contributed by atoms with Crippen LogP contribution in [-0.2, 0) is 4.79 Å². The van der Waals surface area contributed by atoms with E-state index in [9.17, 15) is 9.59 Å². The lowest BCUT2D eigenvalue weighted by atomic mass is 10.1. The molecular weight excluding hydrogens is 228 g/mol. The maximum Gasteiger partial charge on any atom is 0.225 e. The molecule has 0 aliphatic rings. The highest BCUT2D eigenvalue weighted by Crippen LogP contribution is 2.11. The molecular formula is C14H18N2O2. The highest BCUT2D eigenvalue weighted by atomic mass is 16.1. The van der Waals surface area contributed by atoms with Gasteiger partial charge in [0.15, 0.2) is 5.78 Å². The van der Waals surface area contributed by atoms with Crippen molar-refractivity contribution in [2.75, 3.05) is 18.4 Å². The SMILES string of the molecule is C=CCNCCC(=O)Nc1cccc(C(C)=O)c1. The van der Waals surface area contributed by atoms with Crippen molar-refractivity contribution in [1.29, 1.82) is 0 Å². The van der Waals surface area contributed by atoms with Crippen molar-refractivity contribution in [3.05, 3.63) is 42.5 Å². The summed E-state index contributed by atoms with van der Waals surface area (Å²) in [7, 11) is 0. The minimum atomic E-state index is -0.0766. The smallest absolute Gasteiger partial charge is 0.225 e. The van der Waals surface area contributed by atoms with Crippen LogP contribution in [0.2, 0.25) is 0 Å². The number of hydrogen-bond donors (Lipinski definition) is 2. The van der Waals surface area contributed by atoms with Crippen molar-refractivity contribution in [3.63, 3.8) is 0 Å². The zero-order chi connectivity index (χ0) is 13.4. The van der Waals surface area contributed by atoms with E-state index in [1.807, 2.05) is 0 Å². The molecule has 0 radical (unpaired) electrons. The third-order valence-corrected chi connectivity index (χ3v) is 2.37. The van der Waals surface area contributed by atoms with Gasteiger partial charge in [-0.2, -0.15) is 0 Å². The number of hydrogen-bond acceptors (Lipinski definition) is 3. The lowest BCUT2D eigenvalue weighted by Crippen LogP contribution is -2.21. The molecule has 0 spiro atoms. The fourth-order valence-electron chi connectivity index (χ4n) is 1.45. The van der Waals surface area contributed by atoms with Gasteiger partial charge >= 0.3 is 0 Å². The van der Waals surface area contributed by atoms with Crippen molar-refractivity contribution in [3.8, 4) is 0 Å². The van der Waals surface area contributed by atoms with E-state index in [0.717, 1.165) is 0 Å². The maximum absolute atomic E-state index is 11.6. The predicted octanol–water partition coefficient (Wildman–Crippen LogP) is 1.99. The first-order chi connectivity index (χ1) is 8.63. The Labute approximate surface area is 107 Å². The van der Waals surface area contributed by atoms with Crippen LogP contribution in [0.4, 0.5) is 5.69 Å². The summed E-state index contributed by atoms with van der Waals surface area (Å²) in [5.41, 5.74) is 1.24. The third-order valence-electron chi connectivity index (χ3n) is 2.37. The first-order valence-corrected chi connectivity index (χ1v) is 5.86. The van der Waals surface area contributed by atoms with Crippen LogP contribution < -0.4 is 10.6 Å². The summed E-state index contributed by atoms with van der Waals surface area (Å²) in [6.45, 7) is 6.37. The van der Waals surface area contributed by atoms with Crippen LogP contribution >= 0.6 is 0 Å². The Hall–Kier alpha value is -1.94. The van der Waals surface area contributed by atoms with E-state index in [-0.39, 0.29) is 11.7 Å².